The molecule has 0 aliphatic carbocycles. The average molecular weight is 220 g/mol. The van der Waals surface area contributed by atoms with Gasteiger partial charge in [-0.15, -0.1) is 0 Å². The lowest BCUT2D eigenvalue weighted by molar-refractivity contribution is -0.133. The summed E-state index contributed by atoms with van der Waals surface area (Å²) < 4.78 is 22.7. The van der Waals surface area contributed by atoms with E-state index >= 15 is 0 Å². The quantitative estimate of drug-likeness (QED) is 0.730. The predicted octanol–water partition coefficient (Wildman–Crippen LogP) is 3.01. The molecule has 0 bridgehead atoms. The first-order valence-corrected chi connectivity index (χ1v) is 4.69. The predicted molar refractivity (Wildman–Crippen MR) is 55.4 cm³/mol. The molecule has 3 nitrogen and oxygen atoms in total. The number of benzene rings is 1. The summed E-state index contributed by atoms with van der Waals surface area (Å²) in [5, 5.41) is 0. The second-order valence-electron chi connectivity index (χ2n) is 3.22. The fourth-order valence-electron chi connectivity index (χ4n) is 1.29. The Morgan fingerprint density at radius 2 is 1.88 bits per heavy atom. The van der Waals surface area contributed by atoms with Crippen molar-refractivity contribution in [3.05, 3.63) is 42.2 Å². The molecule has 0 saturated carbocycles. The highest BCUT2D eigenvalue weighted by molar-refractivity contribution is 5.69. The van der Waals surface area contributed by atoms with Gasteiger partial charge in [-0.2, -0.15) is 0 Å². The molecule has 2 rings (SSSR count). The van der Waals surface area contributed by atoms with Gasteiger partial charge in [-0.3, -0.25) is 4.79 Å². The van der Waals surface area contributed by atoms with Crippen molar-refractivity contribution in [1.29, 1.82) is 0 Å². The van der Waals surface area contributed by atoms with Crippen LogP contribution in [0.5, 0.6) is 5.95 Å². The van der Waals surface area contributed by atoms with Gasteiger partial charge >= 0.3 is 5.97 Å². The molecule has 0 spiro atoms. The van der Waals surface area contributed by atoms with Crippen LogP contribution in [0.3, 0.4) is 0 Å². The second-order valence-corrected chi connectivity index (χ2v) is 3.22. The summed E-state index contributed by atoms with van der Waals surface area (Å²) in [6.07, 6.45) is 0. The monoisotopic (exact) mass is 220 g/mol. The fraction of sp³-hybridized carbons (Fsp3) is 0.0833. The topological polar surface area (TPSA) is 39.4 Å². The minimum atomic E-state index is -0.444. The first kappa shape index (κ1) is 10.4. The van der Waals surface area contributed by atoms with E-state index in [4.69, 9.17) is 9.15 Å². The molecule has 1 aromatic heterocycles. The van der Waals surface area contributed by atoms with Gasteiger partial charge in [0, 0.05) is 18.6 Å². The molecule has 0 radical (unpaired) electrons. The zero-order chi connectivity index (χ0) is 11.5. The maximum Gasteiger partial charge on any atom is 0.310 e. The molecule has 0 aliphatic heterocycles. The van der Waals surface area contributed by atoms with Crippen molar-refractivity contribution in [2.24, 2.45) is 0 Å². The van der Waals surface area contributed by atoms with Crippen molar-refractivity contribution in [1.82, 2.24) is 0 Å². The number of esters is 1. The highest BCUT2D eigenvalue weighted by Crippen LogP contribution is 2.26. The summed E-state index contributed by atoms with van der Waals surface area (Å²) in [5.74, 6) is -0.0985. The molecule has 0 N–H and O–H groups in total. The highest BCUT2D eigenvalue weighted by atomic mass is 19.1. The van der Waals surface area contributed by atoms with E-state index in [1.807, 2.05) is 0 Å². The van der Waals surface area contributed by atoms with Crippen LogP contribution in [0.1, 0.15) is 6.92 Å². The molecule has 0 aliphatic rings. The van der Waals surface area contributed by atoms with E-state index in [2.05, 4.69) is 0 Å². The number of hydrogen-bond acceptors (Lipinski definition) is 3. The van der Waals surface area contributed by atoms with E-state index in [-0.39, 0.29) is 11.8 Å². The van der Waals surface area contributed by atoms with Gasteiger partial charge in [0.05, 0.1) is 0 Å². The minimum absolute atomic E-state index is 0.131. The highest BCUT2D eigenvalue weighted by Gasteiger charge is 2.07. The number of halogens is 1. The van der Waals surface area contributed by atoms with Gasteiger partial charge in [0.2, 0.25) is 0 Å². The van der Waals surface area contributed by atoms with Crippen LogP contribution in [0.4, 0.5) is 4.39 Å². The molecule has 4 heteroatoms. The Balaban J connectivity index is 2.24. The van der Waals surface area contributed by atoms with Gasteiger partial charge < -0.3 is 9.15 Å². The van der Waals surface area contributed by atoms with Crippen molar-refractivity contribution in [3.8, 4) is 17.3 Å². The largest absolute Gasteiger partial charge is 0.425 e. The van der Waals surface area contributed by atoms with Crippen LogP contribution in [0.15, 0.2) is 40.8 Å². The van der Waals surface area contributed by atoms with Crippen LogP contribution < -0.4 is 4.74 Å². The summed E-state index contributed by atoms with van der Waals surface area (Å²) in [7, 11) is 0. The van der Waals surface area contributed by atoms with Crippen LogP contribution >= 0.6 is 0 Å². The molecule has 0 unspecified atom stereocenters. The zero-order valence-corrected chi connectivity index (χ0v) is 8.57. The van der Waals surface area contributed by atoms with E-state index in [1.165, 1.54) is 19.1 Å². The van der Waals surface area contributed by atoms with Crippen LogP contribution in [0, 0.1) is 5.82 Å². The number of hydrogen-bond donors (Lipinski definition) is 0. The number of carbonyl (C=O) groups excluding carboxylic acids is 1. The zero-order valence-electron chi connectivity index (χ0n) is 8.57. The van der Waals surface area contributed by atoms with Gasteiger partial charge in [-0.1, -0.05) is 0 Å². The molecule has 0 fully saturated rings. The molecular weight excluding hydrogens is 211 g/mol. The van der Waals surface area contributed by atoms with E-state index < -0.39 is 5.97 Å². The molecule has 0 saturated heterocycles. The van der Waals surface area contributed by atoms with Crippen LogP contribution in [0.2, 0.25) is 0 Å². The van der Waals surface area contributed by atoms with E-state index in [0.29, 0.717) is 5.76 Å². The van der Waals surface area contributed by atoms with Gasteiger partial charge in [-0.25, -0.2) is 4.39 Å². The Kier molecular flexibility index (Phi) is 2.72. The molecule has 16 heavy (non-hydrogen) atoms. The summed E-state index contributed by atoms with van der Waals surface area (Å²) >= 11 is 0. The summed E-state index contributed by atoms with van der Waals surface area (Å²) in [6.45, 7) is 1.29. The lowest BCUT2D eigenvalue weighted by Gasteiger charge is -1.97. The number of ether oxygens (including phenoxy) is 1. The second kappa shape index (κ2) is 4.18. The van der Waals surface area contributed by atoms with Crippen LogP contribution in [-0.4, -0.2) is 5.97 Å². The maximum absolute atomic E-state index is 12.7. The van der Waals surface area contributed by atoms with Gasteiger partial charge in [-0.05, 0) is 30.3 Å². The normalized spacial score (nSPS) is 10.1. The Morgan fingerprint density at radius 1 is 1.19 bits per heavy atom. The molecule has 0 atom stereocenters. The van der Waals surface area contributed by atoms with E-state index in [9.17, 15) is 9.18 Å². The first-order chi connectivity index (χ1) is 7.65. The smallest absolute Gasteiger partial charge is 0.310 e. The van der Waals surface area contributed by atoms with Gasteiger partial charge in [0.1, 0.15) is 11.6 Å². The maximum atomic E-state index is 12.7. The molecule has 1 aromatic carbocycles. The Hall–Kier alpha value is -2.10. The summed E-state index contributed by atoms with van der Waals surface area (Å²) in [5.41, 5.74) is 0.722. The van der Waals surface area contributed by atoms with Crippen molar-refractivity contribution in [3.63, 3.8) is 0 Å². The van der Waals surface area contributed by atoms with Crippen LogP contribution in [-0.2, 0) is 4.79 Å². The average Bonchev–Trinajstić information content (AvgIpc) is 2.66. The molecule has 1 heterocycles. The third kappa shape index (κ3) is 2.28. The van der Waals surface area contributed by atoms with Crippen molar-refractivity contribution < 1.29 is 18.3 Å². The molecule has 82 valence electrons. The summed E-state index contributed by atoms with van der Waals surface area (Å²) in [6, 6.07) is 9.05. The van der Waals surface area contributed by atoms with Gasteiger partial charge in [0.25, 0.3) is 5.95 Å². The summed E-state index contributed by atoms with van der Waals surface area (Å²) in [4.78, 5) is 10.7. The van der Waals surface area contributed by atoms with E-state index in [1.54, 1.807) is 24.3 Å². The van der Waals surface area contributed by atoms with E-state index in [0.717, 1.165) is 5.56 Å². The SMILES string of the molecule is CC(=O)Oc1ccc(-c2ccc(F)cc2)o1. The van der Waals surface area contributed by atoms with Crippen molar-refractivity contribution in [2.45, 2.75) is 6.92 Å². The molecular formula is C12H9FO3. The fourth-order valence-corrected chi connectivity index (χ4v) is 1.29. The molecule has 0 amide bonds. The number of carbonyl (C=O) groups is 1. The Labute approximate surface area is 91.5 Å². The van der Waals surface area contributed by atoms with Crippen molar-refractivity contribution in [2.75, 3.05) is 0 Å². The minimum Gasteiger partial charge on any atom is -0.425 e. The third-order valence-electron chi connectivity index (χ3n) is 1.95. The van der Waals surface area contributed by atoms with Gasteiger partial charge in [0.15, 0.2) is 0 Å². The lowest BCUT2D eigenvalue weighted by atomic mass is 10.2. The standard InChI is InChI=1S/C12H9FO3/c1-8(14)15-12-7-6-11(16-12)9-2-4-10(13)5-3-9/h2-7H,1H3. The number of rotatable bonds is 2. The number of furan rings is 1. The first-order valence-electron chi connectivity index (χ1n) is 4.69. The van der Waals surface area contributed by atoms with Crippen molar-refractivity contribution >= 4 is 5.97 Å². The third-order valence-corrected chi connectivity index (χ3v) is 1.95. The Morgan fingerprint density at radius 3 is 2.50 bits per heavy atom. The Bertz CT molecular complexity index is 499. The lowest BCUT2D eigenvalue weighted by Crippen LogP contribution is -1.99. The molecule has 2 aromatic rings. The van der Waals surface area contributed by atoms with Crippen LogP contribution in [0.25, 0.3) is 11.3 Å².